The molecule has 2 aliphatic rings. The highest BCUT2D eigenvalue weighted by Crippen LogP contribution is 2.30. The van der Waals surface area contributed by atoms with Crippen LogP contribution in [0.5, 0.6) is 0 Å². The van der Waals surface area contributed by atoms with Gasteiger partial charge in [0.25, 0.3) is 0 Å². The molecule has 0 spiro atoms. The first kappa shape index (κ1) is 16.1. The number of carbonyl (C=O) groups excluding carboxylic acids is 2. The summed E-state index contributed by atoms with van der Waals surface area (Å²) in [6.07, 6.45) is 2.48. The molecule has 1 heterocycles. The number of nitrogens with zero attached hydrogens (tertiary/aromatic N) is 2. The molecule has 6 nitrogen and oxygen atoms in total. The topological polar surface area (TPSA) is 75.9 Å². The SMILES string of the molecule is CCOC(=O)N1CCN(C(=O)C2CCC(N)CC2C)CC1. The molecule has 120 valence electrons. The molecule has 3 atom stereocenters. The van der Waals surface area contributed by atoms with Crippen molar-refractivity contribution in [2.75, 3.05) is 32.8 Å². The lowest BCUT2D eigenvalue weighted by atomic mass is 9.77. The Hall–Kier alpha value is -1.30. The number of nitrogens with two attached hydrogens (primary N) is 1. The summed E-state index contributed by atoms with van der Waals surface area (Å²) in [6, 6.07) is 0.240. The first-order chi connectivity index (χ1) is 10.0. The molecule has 0 radical (unpaired) electrons. The summed E-state index contributed by atoms with van der Waals surface area (Å²) >= 11 is 0. The molecule has 2 fully saturated rings. The molecule has 2 N–H and O–H groups in total. The minimum absolute atomic E-state index is 0.0962. The number of carbonyl (C=O) groups is 2. The van der Waals surface area contributed by atoms with E-state index in [1.54, 1.807) is 11.8 Å². The molecule has 1 saturated carbocycles. The molecule has 1 saturated heterocycles. The second-order valence-electron chi connectivity index (χ2n) is 6.17. The largest absolute Gasteiger partial charge is 0.450 e. The maximum Gasteiger partial charge on any atom is 0.409 e. The van der Waals surface area contributed by atoms with Crippen LogP contribution in [0.2, 0.25) is 0 Å². The number of piperazine rings is 1. The molecule has 0 aromatic rings. The minimum atomic E-state index is -0.276. The lowest BCUT2D eigenvalue weighted by molar-refractivity contribution is -0.140. The van der Waals surface area contributed by atoms with E-state index in [0.717, 1.165) is 19.3 Å². The fourth-order valence-electron chi connectivity index (χ4n) is 3.36. The molecular weight excluding hydrogens is 270 g/mol. The lowest BCUT2D eigenvalue weighted by Crippen LogP contribution is -2.53. The van der Waals surface area contributed by atoms with Crippen molar-refractivity contribution in [3.63, 3.8) is 0 Å². The van der Waals surface area contributed by atoms with Gasteiger partial charge in [0.2, 0.25) is 5.91 Å². The fourth-order valence-corrected chi connectivity index (χ4v) is 3.36. The van der Waals surface area contributed by atoms with Crippen LogP contribution in [0.1, 0.15) is 33.1 Å². The van der Waals surface area contributed by atoms with Gasteiger partial charge < -0.3 is 20.3 Å². The van der Waals surface area contributed by atoms with Crippen molar-refractivity contribution in [2.24, 2.45) is 17.6 Å². The molecule has 1 aliphatic carbocycles. The Morgan fingerprint density at radius 2 is 1.76 bits per heavy atom. The summed E-state index contributed by atoms with van der Waals surface area (Å²) in [5.74, 6) is 0.682. The predicted molar refractivity (Wildman–Crippen MR) is 79.7 cm³/mol. The zero-order valence-corrected chi connectivity index (χ0v) is 13.1. The summed E-state index contributed by atoms with van der Waals surface area (Å²) in [4.78, 5) is 27.8. The van der Waals surface area contributed by atoms with E-state index in [-0.39, 0.29) is 24.0 Å². The molecule has 1 aliphatic heterocycles. The molecule has 21 heavy (non-hydrogen) atoms. The average Bonchev–Trinajstić information content (AvgIpc) is 2.47. The van der Waals surface area contributed by atoms with Gasteiger partial charge in [-0.2, -0.15) is 0 Å². The van der Waals surface area contributed by atoms with Gasteiger partial charge in [-0.25, -0.2) is 4.79 Å². The average molecular weight is 297 g/mol. The summed E-state index contributed by atoms with van der Waals surface area (Å²) in [6.45, 7) is 6.64. The fraction of sp³-hybridized carbons (Fsp3) is 0.867. The van der Waals surface area contributed by atoms with Gasteiger partial charge in [0.05, 0.1) is 6.61 Å². The highest BCUT2D eigenvalue weighted by Gasteiger charge is 2.35. The van der Waals surface area contributed by atoms with Crippen LogP contribution in [0.4, 0.5) is 4.79 Å². The van der Waals surface area contributed by atoms with Crippen molar-refractivity contribution in [2.45, 2.75) is 39.2 Å². The Morgan fingerprint density at radius 1 is 1.14 bits per heavy atom. The maximum atomic E-state index is 12.6. The van der Waals surface area contributed by atoms with Crippen LogP contribution in [-0.4, -0.2) is 60.6 Å². The summed E-state index contributed by atoms with van der Waals surface area (Å²) in [5, 5.41) is 0. The van der Waals surface area contributed by atoms with Crippen LogP contribution in [0, 0.1) is 11.8 Å². The first-order valence-electron chi connectivity index (χ1n) is 7.99. The van der Waals surface area contributed by atoms with Crippen LogP contribution >= 0.6 is 0 Å². The number of hydrogen-bond acceptors (Lipinski definition) is 4. The highest BCUT2D eigenvalue weighted by atomic mass is 16.6. The van der Waals surface area contributed by atoms with Crippen LogP contribution in [0.15, 0.2) is 0 Å². The van der Waals surface area contributed by atoms with Gasteiger partial charge in [-0.05, 0) is 32.1 Å². The summed E-state index contributed by atoms with van der Waals surface area (Å²) < 4.78 is 4.99. The number of ether oxygens (including phenoxy) is 1. The van der Waals surface area contributed by atoms with Crippen molar-refractivity contribution < 1.29 is 14.3 Å². The first-order valence-corrected chi connectivity index (χ1v) is 7.99. The summed E-state index contributed by atoms with van der Waals surface area (Å²) in [7, 11) is 0. The van der Waals surface area contributed by atoms with Gasteiger partial charge in [-0.15, -0.1) is 0 Å². The summed E-state index contributed by atoms with van der Waals surface area (Å²) in [5.41, 5.74) is 5.96. The molecule has 0 aromatic heterocycles. The van der Waals surface area contributed by atoms with Crippen LogP contribution < -0.4 is 5.73 Å². The third kappa shape index (κ3) is 3.87. The lowest BCUT2D eigenvalue weighted by Gasteiger charge is -2.39. The van der Waals surface area contributed by atoms with E-state index in [9.17, 15) is 9.59 Å². The van der Waals surface area contributed by atoms with E-state index in [0.29, 0.717) is 38.7 Å². The Labute approximate surface area is 126 Å². The van der Waals surface area contributed by atoms with E-state index in [4.69, 9.17) is 10.5 Å². The van der Waals surface area contributed by atoms with Gasteiger partial charge in [0.15, 0.2) is 0 Å². The van der Waals surface area contributed by atoms with E-state index < -0.39 is 0 Å². The predicted octanol–water partition coefficient (Wildman–Crippen LogP) is 1.05. The van der Waals surface area contributed by atoms with Crippen LogP contribution in [0.3, 0.4) is 0 Å². The van der Waals surface area contributed by atoms with Crippen molar-refractivity contribution in [3.05, 3.63) is 0 Å². The maximum absolute atomic E-state index is 12.6. The van der Waals surface area contributed by atoms with Crippen molar-refractivity contribution >= 4 is 12.0 Å². The standard InChI is InChI=1S/C15H27N3O3/c1-3-21-15(20)18-8-6-17(7-9-18)14(19)13-5-4-12(16)10-11(13)2/h11-13H,3-10,16H2,1-2H3. The van der Waals surface area contributed by atoms with E-state index >= 15 is 0 Å². The second-order valence-corrected chi connectivity index (χ2v) is 6.17. The monoisotopic (exact) mass is 297 g/mol. The Balaban J connectivity index is 1.84. The Kier molecular flexibility index (Phi) is 5.45. The smallest absolute Gasteiger partial charge is 0.409 e. The quantitative estimate of drug-likeness (QED) is 0.826. The van der Waals surface area contributed by atoms with Gasteiger partial charge in [0, 0.05) is 38.1 Å². The van der Waals surface area contributed by atoms with Crippen molar-refractivity contribution in [1.29, 1.82) is 0 Å². The molecular formula is C15H27N3O3. The van der Waals surface area contributed by atoms with Crippen molar-refractivity contribution in [3.8, 4) is 0 Å². The zero-order valence-electron chi connectivity index (χ0n) is 13.1. The van der Waals surface area contributed by atoms with Crippen LogP contribution in [0.25, 0.3) is 0 Å². The molecule has 2 rings (SSSR count). The number of rotatable bonds is 2. The molecule has 3 unspecified atom stereocenters. The number of hydrogen-bond donors (Lipinski definition) is 1. The van der Waals surface area contributed by atoms with E-state index in [1.807, 2.05) is 4.90 Å². The Bertz CT molecular complexity index is 380. The molecule has 0 aromatic carbocycles. The normalized spacial score (nSPS) is 30.1. The van der Waals surface area contributed by atoms with Crippen molar-refractivity contribution in [1.82, 2.24) is 9.80 Å². The van der Waals surface area contributed by atoms with E-state index in [2.05, 4.69) is 6.92 Å². The second kappa shape index (κ2) is 7.11. The third-order valence-electron chi connectivity index (χ3n) is 4.64. The highest BCUT2D eigenvalue weighted by molar-refractivity contribution is 5.79. The van der Waals surface area contributed by atoms with Gasteiger partial charge >= 0.3 is 6.09 Å². The number of amides is 2. The van der Waals surface area contributed by atoms with Gasteiger partial charge in [0.1, 0.15) is 0 Å². The molecule has 2 amide bonds. The van der Waals surface area contributed by atoms with Gasteiger partial charge in [-0.3, -0.25) is 4.79 Å². The van der Waals surface area contributed by atoms with Gasteiger partial charge in [-0.1, -0.05) is 6.92 Å². The molecule has 6 heteroatoms. The third-order valence-corrected chi connectivity index (χ3v) is 4.64. The zero-order chi connectivity index (χ0) is 15.4. The van der Waals surface area contributed by atoms with E-state index in [1.165, 1.54) is 0 Å². The molecule has 0 bridgehead atoms. The Morgan fingerprint density at radius 3 is 2.33 bits per heavy atom. The van der Waals surface area contributed by atoms with Crippen LogP contribution in [-0.2, 0) is 9.53 Å². The minimum Gasteiger partial charge on any atom is -0.450 e.